The van der Waals surface area contributed by atoms with E-state index in [1.165, 1.54) is 192 Å². The van der Waals surface area contributed by atoms with Gasteiger partial charge in [-0.1, -0.05) is 237 Å². The van der Waals surface area contributed by atoms with Crippen molar-refractivity contribution in [3.05, 3.63) is 53.6 Å². The predicted octanol–water partition coefficient (Wildman–Crippen LogP) is 13.9. The number of esters is 2. The SMILES string of the molecule is CC/C=C/CCCCCCCCCCCCCCCCCCCOC(=O)c1cccc(S(=O)(=O)[O-])c1C(=O)OCCCCCCCCCCCCCCCCCCC/C=C/CC.[K+]. The Bertz CT molecular complexity index is 1380. The average Bonchev–Trinajstić information content (AvgIpc) is 3.26. The number of ether oxygens (including phenoxy) is 2. The molecule has 63 heavy (non-hydrogen) atoms. The number of allylic oxidation sites excluding steroid dienone is 4. The van der Waals surface area contributed by atoms with Gasteiger partial charge in [0.05, 0.1) is 29.2 Å². The summed E-state index contributed by atoms with van der Waals surface area (Å²) in [5.41, 5.74) is -0.767. The van der Waals surface area contributed by atoms with E-state index in [2.05, 4.69) is 38.2 Å². The summed E-state index contributed by atoms with van der Waals surface area (Å²) in [4.78, 5) is 25.3. The molecule has 1 aromatic rings. The standard InChI is InChI=1S/C54H94O7S.K/c1-3-5-7-9-11-13-15-17-19-21-23-25-27-29-31-33-35-37-39-41-43-48-60-53(55)50-46-45-47-51(62(57,58)59)52(50)54(56)61-49-44-42-40-38-36-34-32-30-28-26-24-22-20-18-16-14-12-10-8-6-4-2;/h5-8,45-47H,3-4,9-44,48-49H2,1-2H3,(H,57,58,59);/q;+1/p-1/b7-5+,8-6+;. The Labute approximate surface area is 431 Å². The molecule has 358 valence electrons. The molecule has 0 unspecified atom stereocenters. The molecule has 0 aliphatic heterocycles. The van der Waals surface area contributed by atoms with Crippen LogP contribution in [0.2, 0.25) is 0 Å². The van der Waals surface area contributed by atoms with Crippen LogP contribution >= 0.6 is 0 Å². The summed E-state index contributed by atoms with van der Waals surface area (Å²) in [6.45, 7) is 4.64. The molecule has 0 atom stereocenters. The normalized spacial score (nSPS) is 11.7. The number of unbranched alkanes of at least 4 members (excludes halogenated alkanes) is 34. The summed E-state index contributed by atoms with van der Waals surface area (Å²) in [6.07, 6.45) is 56.2. The molecule has 0 aliphatic carbocycles. The molecule has 0 amide bonds. The number of rotatable bonds is 45. The van der Waals surface area contributed by atoms with E-state index in [-0.39, 0.29) is 70.2 Å². The van der Waals surface area contributed by atoms with E-state index in [1.807, 2.05) is 0 Å². The Morgan fingerprint density at radius 2 is 0.730 bits per heavy atom. The van der Waals surface area contributed by atoms with E-state index >= 15 is 0 Å². The maximum Gasteiger partial charge on any atom is 1.00 e. The molecule has 7 nitrogen and oxygen atoms in total. The van der Waals surface area contributed by atoms with Crippen LogP contribution in [0.5, 0.6) is 0 Å². The number of hydrogen-bond donors (Lipinski definition) is 0. The van der Waals surface area contributed by atoms with E-state index in [0.717, 1.165) is 57.4 Å². The van der Waals surface area contributed by atoms with Crippen molar-refractivity contribution in [1.29, 1.82) is 0 Å². The first-order valence-corrected chi connectivity index (χ1v) is 27.5. The van der Waals surface area contributed by atoms with Gasteiger partial charge in [-0.25, -0.2) is 18.0 Å². The molecule has 0 bridgehead atoms. The van der Waals surface area contributed by atoms with Crippen LogP contribution < -0.4 is 51.4 Å². The van der Waals surface area contributed by atoms with Crippen molar-refractivity contribution in [1.82, 2.24) is 0 Å². The second-order valence-corrected chi connectivity index (χ2v) is 19.1. The fraction of sp³-hybridized carbons (Fsp3) is 0.778. The van der Waals surface area contributed by atoms with Crippen molar-refractivity contribution in [2.75, 3.05) is 13.2 Å². The van der Waals surface area contributed by atoms with E-state index < -0.39 is 32.5 Å². The van der Waals surface area contributed by atoms with E-state index in [9.17, 15) is 22.6 Å². The zero-order chi connectivity index (χ0) is 45.0. The summed E-state index contributed by atoms with van der Waals surface area (Å²) in [6, 6.07) is 3.65. The van der Waals surface area contributed by atoms with E-state index in [0.29, 0.717) is 12.8 Å². The Morgan fingerprint density at radius 1 is 0.444 bits per heavy atom. The summed E-state index contributed by atoms with van der Waals surface area (Å²) >= 11 is 0. The molecule has 0 aromatic heterocycles. The van der Waals surface area contributed by atoms with Crippen molar-refractivity contribution in [3.63, 3.8) is 0 Å². The van der Waals surface area contributed by atoms with Gasteiger partial charge in [0.2, 0.25) is 0 Å². The Kier molecular flexibility index (Phi) is 45.7. The molecule has 9 heteroatoms. The summed E-state index contributed by atoms with van der Waals surface area (Å²) in [5.74, 6) is -1.80. The third kappa shape index (κ3) is 37.9. The number of hydrogen-bond acceptors (Lipinski definition) is 7. The van der Waals surface area contributed by atoms with Crippen LogP contribution in [-0.2, 0) is 19.6 Å². The molecule has 0 saturated carbocycles. The van der Waals surface area contributed by atoms with Gasteiger partial charge >= 0.3 is 63.3 Å². The van der Waals surface area contributed by atoms with Crippen molar-refractivity contribution < 1.29 is 83.4 Å². The first-order valence-electron chi connectivity index (χ1n) is 26.1. The quantitative estimate of drug-likeness (QED) is 0.0211. The molecule has 0 radical (unpaired) electrons. The zero-order valence-corrected chi connectivity index (χ0v) is 45.0. The molecular weight excluding hydrogens is 832 g/mol. The molecule has 0 saturated heterocycles. The van der Waals surface area contributed by atoms with Gasteiger partial charge in [0, 0.05) is 0 Å². The average molecular weight is 925 g/mol. The Balaban J connectivity index is 0.0000384. The molecular formula is C54H93KO7S. The van der Waals surface area contributed by atoms with Gasteiger partial charge in [-0.15, -0.1) is 0 Å². The van der Waals surface area contributed by atoms with Crippen LogP contribution in [0.1, 0.15) is 279 Å². The fourth-order valence-corrected chi connectivity index (χ4v) is 8.89. The van der Waals surface area contributed by atoms with Crippen LogP contribution in [0, 0.1) is 0 Å². The van der Waals surface area contributed by atoms with Gasteiger partial charge in [-0.2, -0.15) is 0 Å². The monoisotopic (exact) mass is 925 g/mol. The second-order valence-electron chi connectivity index (χ2n) is 17.8. The number of carbonyl (C=O) groups is 2. The van der Waals surface area contributed by atoms with Gasteiger partial charge in [0.15, 0.2) is 0 Å². The minimum absolute atomic E-state index is 0. The molecule has 0 fully saturated rings. The largest absolute Gasteiger partial charge is 1.00 e. The van der Waals surface area contributed by atoms with Crippen molar-refractivity contribution >= 4 is 22.1 Å². The van der Waals surface area contributed by atoms with Gasteiger partial charge in [0.25, 0.3) is 0 Å². The molecule has 1 rings (SSSR count). The van der Waals surface area contributed by atoms with Crippen molar-refractivity contribution in [2.24, 2.45) is 0 Å². The Morgan fingerprint density at radius 3 is 1.03 bits per heavy atom. The first kappa shape index (κ1) is 62.2. The van der Waals surface area contributed by atoms with Crippen LogP contribution in [0.3, 0.4) is 0 Å². The molecule has 0 heterocycles. The summed E-state index contributed by atoms with van der Waals surface area (Å²) < 4.78 is 47.0. The maximum absolute atomic E-state index is 13.1. The molecule has 1 aromatic carbocycles. The Hall–Kier alpha value is -0.814. The van der Waals surface area contributed by atoms with Gasteiger partial charge in [-0.3, -0.25) is 0 Å². The zero-order valence-electron chi connectivity index (χ0n) is 41.1. The van der Waals surface area contributed by atoms with Crippen molar-refractivity contribution in [2.45, 2.75) is 263 Å². The van der Waals surface area contributed by atoms with Gasteiger partial charge in [-0.05, 0) is 63.5 Å². The smallest absolute Gasteiger partial charge is 0.744 e. The first-order chi connectivity index (χ1) is 30.3. The summed E-state index contributed by atoms with van der Waals surface area (Å²) in [5, 5.41) is 0. The van der Waals surface area contributed by atoms with Crippen LogP contribution in [0.25, 0.3) is 0 Å². The summed E-state index contributed by atoms with van der Waals surface area (Å²) in [7, 11) is -5.02. The predicted molar refractivity (Wildman–Crippen MR) is 260 cm³/mol. The number of carbonyl (C=O) groups excluding carboxylic acids is 2. The van der Waals surface area contributed by atoms with Gasteiger partial charge in [0.1, 0.15) is 10.1 Å². The minimum atomic E-state index is -5.02. The third-order valence-corrected chi connectivity index (χ3v) is 12.9. The third-order valence-electron chi connectivity index (χ3n) is 12.0. The molecule has 0 spiro atoms. The van der Waals surface area contributed by atoms with Crippen LogP contribution in [0.4, 0.5) is 0 Å². The fourth-order valence-electron chi connectivity index (χ4n) is 8.20. The minimum Gasteiger partial charge on any atom is -0.744 e. The van der Waals surface area contributed by atoms with E-state index in [1.54, 1.807) is 0 Å². The van der Waals surface area contributed by atoms with Crippen LogP contribution in [0.15, 0.2) is 47.4 Å². The molecule has 0 aliphatic rings. The van der Waals surface area contributed by atoms with Crippen LogP contribution in [-0.4, -0.2) is 38.1 Å². The number of benzene rings is 1. The maximum atomic E-state index is 13.1. The topological polar surface area (TPSA) is 110 Å². The van der Waals surface area contributed by atoms with Crippen molar-refractivity contribution in [3.8, 4) is 0 Å². The van der Waals surface area contributed by atoms with Gasteiger partial charge < -0.3 is 14.0 Å². The second kappa shape index (κ2) is 46.3. The molecule has 0 N–H and O–H groups in total. The van der Waals surface area contributed by atoms with E-state index in [4.69, 9.17) is 9.47 Å².